The molecule has 0 radical (unpaired) electrons. The number of aromatic nitrogens is 1. The molecule has 0 saturated carbocycles. The van der Waals surface area contributed by atoms with E-state index in [4.69, 9.17) is 21.1 Å². The number of fused-ring (bicyclic) bond motifs is 1. The maximum absolute atomic E-state index is 11.9. The third kappa shape index (κ3) is 7.60. The molecular formula is C24H30ClN3O6S. The molecule has 1 heterocycles. The number of aliphatic hydroxyl groups excluding tert-OH is 1. The van der Waals surface area contributed by atoms with E-state index in [1.54, 1.807) is 13.0 Å². The van der Waals surface area contributed by atoms with Gasteiger partial charge in [-0.1, -0.05) is 17.7 Å². The van der Waals surface area contributed by atoms with Crippen LogP contribution in [0, 0.1) is 6.92 Å². The van der Waals surface area contributed by atoms with Crippen molar-refractivity contribution in [1.82, 2.24) is 10.3 Å². The number of benzene rings is 2. The molecule has 4 N–H and O–H groups in total. The minimum absolute atomic E-state index is 0.214. The Morgan fingerprint density at radius 2 is 2.00 bits per heavy atom. The number of esters is 1. The summed E-state index contributed by atoms with van der Waals surface area (Å²) in [6.07, 6.45) is 0.389. The van der Waals surface area contributed by atoms with Crippen LogP contribution in [-0.2, 0) is 26.0 Å². The minimum atomic E-state index is -3.49. The van der Waals surface area contributed by atoms with Crippen molar-refractivity contribution in [1.29, 1.82) is 0 Å². The number of H-pyrrole nitrogens is 1. The van der Waals surface area contributed by atoms with Crippen molar-refractivity contribution < 1.29 is 27.8 Å². The lowest BCUT2D eigenvalue weighted by Crippen LogP contribution is -2.26. The molecule has 1 atom stereocenters. The molecule has 190 valence electrons. The van der Waals surface area contributed by atoms with Crippen molar-refractivity contribution in [2.24, 2.45) is 0 Å². The predicted octanol–water partition coefficient (Wildman–Crippen LogP) is 3.31. The monoisotopic (exact) mass is 523 g/mol. The van der Waals surface area contributed by atoms with Gasteiger partial charge in [0.05, 0.1) is 36.1 Å². The SMILES string of the molecule is CCOC(=O)Cc1c(C)[nH]c2cc(OCCNC[C@H](O)c3ccc(Cl)c(NS(C)(=O)=O)c3)ccc12. The number of carbonyl (C=O) groups is 1. The van der Waals surface area contributed by atoms with Crippen molar-refractivity contribution in [3.8, 4) is 5.75 Å². The van der Waals surface area contributed by atoms with E-state index in [1.165, 1.54) is 12.1 Å². The quantitative estimate of drug-likeness (QED) is 0.212. The van der Waals surface area contributed by atoms with E-state index in [0.717, 1.165) is 28.4 Å². The Balaban J connectivity index is 1.51. The first-order chi connectivity index (χ1) is 16.6. The van der Waals surface area contributed by atoms with Gasteiger partial charge in [0.15, 0.2) is 0 Å². The van der Waals surface area contributed by atoms with Gasteiger partial charge in [0.2, 0.25) is 10.0 Å². The van der Waals surface area contributed by atoms with E-state index < -0.39 is 16.1 Å². The number of carbonyl (C=O) groups excluding carboxylic acids is 1. The van der Waals surface area contributed by atoms with Gasteiger partial charge in [-0.3, -0.25) is 9.52 Å². The molecular weight excluding hydrogens is 494 g/mol. The topological polar surface area (TPSA) is 130 Å². The fraction of sp³-hybridized carbons (Fsp3) is 0.375. The molecule has 3 aromatic rings. The molecule has 3 rings (SSSR count). The second kappa shape index (κ2) is 11.8. The summed E-state index contributed by atoms with van der Waals surface area (Å²) in [4.78, 5) is 15.2. The number of aliphatic hydroxyl groups is 1. The minimum Gasteiger partial charge on any atom is -0.492 e. The van der Waals surface area contributed by atoms with Crippen LogP contribution in [0.3, 0.4) is 0 Å². The Morgan fingerprint density at radius 1 is 1.23 bits per heavy atom. The fourth-order valence-corrected chi connectivity index (χ4v) is 4.46. The van der Waals surface area contributed by atoms with Crippen LogP contribution in [0.1, 0.15) is 29.8 Å². The van der Waals surface area contributed by atoms with E-state index in [1.807, 2.05) is 25.1 Å². The van der Waals surface area contributed by atoms with Crippen LogP contribution in [-0.4, -0.2) is 57.0 Å². The molecule has 0 amide bonds. The van der Waals surface area contributed by atoms with Crippen LogP contribution in [0.15, 0.2) is 36.4 Å². The van der Waals surface area contributed by atoms with Crippen LogP contribution < -0.4 is 14.8 Å². The maximum atomic E-state index is 11.9. The fourth-order valence-electron chi connectivity index (χ4n) is 3.67. The number of ether oxygens (including phenoxy) is 2. The number of hydrogen-bond acceptors (Lipinski definition) is 7. The van der Waals surface area contributed by atoms with Gasteiger partial charge in [-0.15, -0.1) is 0 Å². The predicted molar refractivity (Wildman–Crippen MR) is 137 cm³/mol. The lowest BCUT2D eigenvalue weighted by Gasteiger charge is -2.15. The average molecular weight is 524 g/mol. The van der Waals surface area contributed by atoms with E-state index >= 15 is 0 Å². The van der Waals surface area contributed by atoms with Gasteiger partial charge in [-0.05, 0) is 49.2 Å². The molecule has 0 spiro atoms. The maximum Gasteiger partial charge on any atom is 0.310 e. The summed E-state index contributed by atoms with van der Waals surface area (Å²) in [7, 11) is -3.49. The molecule has 1 aromatic heterocycles. The highest BCUT2D eigenvalue weighted by Gasteiger charge is 2.14. The third-order valence-corrected chi connectivity index (χ3v) is 6.19. The van der Waals surface area contributed by atoms with Gasteiger partial charge in [0, 0.05) is 35.8 Å². The third-order valence-electron chi connectivity index (χ3n) is 5.27. The van der Waals surface area contributed by atoms with E-state index in [9.17, 15) is 18.3 Å². The highest BCUT2D eigenvalue weighted by atomic mass is 35.5. The molecule has 0 saturated heterocycles. The van der Waals surface area contributed by atoms with E-state index in [2.05, 4.69) is 15.0 Å². The highest BCUT2D eigenvalue weighted by Crippen LogP contribution is 2.28. The number of hydrogen-bond donors (Lipinski definition) is 4. The van der Waals surface area contributed by atoms with Crippen LogP contribution in [0.2, 0.25) is 5.02 Å². The number of aromatic amines is 1. The lowest BCUT2D eigenvalue weighted by atomic mass is 10.1. The van der Waals surface area contributed by atoms with Gasteiger partial charge in [0.25, 0.3) is 0 Å². The molecule has 11 heteroatoms. The summed E-state index contributed by atoms with van der Waals surface area (Å²) in [5.74, 6) is 0.421. The van der Waals surface area contributed by atoms with Gasteiger partial charge in [-0.2, -0.15) is 0 Å². The Kier molecular flexibility index (Phi) is 9.01. The van der Waals surface area contributed by atoms with Crippen molar-refractivity contribution >= 4 is 44.2 Å². The van der Waals surface area contributed by atoms with Crippen molar-refractivity contribution in [3.05, 3.63) is 58.2 Å². The summed E-state index contributed by atoms with van der Waals surface area (Å²) in [5.41, 5.74) is 3.45. The molecule has 9 nitrogen and oxygen atoms in total. The van der Waals surface area contributed by atoms with Crippen LogP contribution in [0.5, 0.6) is 5.75 Å². The zero-order valence-electron chi connectivity index (χ0n) is 19.9. The molecule has 0 unspecified atom stereocenters. The lowest BCUT2D eigenvalue weighted by molar-refractivity contribution is -0.142. The first kappa shape index (κ1) is 26.8. The molecule has 0 aliphatic rings. The number of sulfonamides is 1. The largest absolute Gasteiger partial charge is 0.492 e. The number of aryl methyl sites for hydroxylation is 1. The van der Waals surface area contributed by atoms with Gasteiger partial charge in [-0.25, -0.2) is 8.42 Å². The number of halogens is 1. The van der Waals surface area contributed by atoms with Crippen molar-refractivity contribution in [2.45, 2.75) is 26.4 Å². The van der Waals surface area contributed by atoms with Crippen LogP contribution in [0.4, 0.5) is 5.69 Å². The number of nitrogens with one attached hydrogen (secondary N) is 3. The summed E-state index contributed by atoms with van der Waals surface area (Å²) in [6.45, 7) is 5.15. The summed E-state index contributed by atoms with van der Waals surface area (Å²) in [6, 6.07) is 10.3. The molecule has 0 bridgehead atoms. The Bertz CT molecular complexity index is 1290. The van der Waals surface area contributed by atoms with Gasteiger partial charge >= 0.3 is 5.97 Å². The zero-order valence-corrected chi connectivity index (χ0v) is 21.4. The van der Waals surface area contributed by atoms with Gasteiger partial charge in [0.1, 0.15) is 12.4 Å². The van der Waals surface area contributed by atoms with E-state index in [0.29, 0.717) is 31.1 Å². The van der Waals surface area contributed by atoms with E-state index in [-0.39, 0.29) is 29.6 Å². The second-order valence-electron chi connectivity index (χ2n) is 8.10. The zero-order chi connectivity index (χ0) is 25.6. The number of anilines is 1. The summed E-state index contributed by atoms with van der Waals surface area (Å²) < 4.78 is 36.1. The molecule has 2 aromatic carbocycles. The normalized spacial score (nSPS) is 12.5. The molecule has 0 aliphatic heterocycles. The first-order valence-electron chi connectivity index (χ1n) is 11.1. The van der Waals surface area contributed by atoms with Crippen LogP contribution >= 0.6 is 11.6 Å². The Hall–Kier alpha value is -2.79. The highest BCUT2D eigenvalue weighted by molar-refractivity contribution is 7.92. The summed E-state index contributed by atoms with van der Waals surface area (Å²) in [5, 5.41) is 14.7. The standard InChI is InChI=1S/C24H30ClN3O6S/c1-4-33-24(30)13-19-15(2)27-21-12-17(6-7-18(19)21)34-10-9-26-14-23(29)16-5-8-20(25)22(11-16)28-35(3,31)32/h5-8,11-12,23,26-29H,4,9-10,13-14H2,1-3H3/t23-/m0/s1. The smallest absolute Gasteiger partial charge is 0.310 e. The molecule has 0 fully saturated rings. The second-order valence-corrected chi connectivity index (χ2v) is 10.3. The van der Waals surface area contributed by atoms with Gasteiger partial charge < -0.3 is 24.9 Å². The Morgan fingerprint density at radius 3 is 2.71 bits per heavy atom. The molecule has 35 heavy (non-hydrogen) atoms. The number of rotatable bonds is 12. The van der Waals surface area contributed by atoms with Crippen molar-refractivity contribution in [2.75, 3.05) is 37.3 Å². The molecule has 0 aliphatic carbocycles. The Labute approximate surface area is 209 Å². The summed E-state index contributed by atoms with van der Waals surface area (Å²) >= 11 is 6.03. The van der Waals surface area contributed by atoms with Crippen LogP contribution in [0.25, 0.3) is 10.9 Å². The van der Waals surface area contributed by atoms with Crippen molar-refractivity contribution in [3.63, 3.8) is 0 Å². The average Bonchev–Trinajstić information content (AvgIpc) is 3.08. The first-order valence-corrected chi connectivity index (χ1v) is 13.4.